The molecule has 2 aromatic carbocycles. The molecule has 5 amide bonds. The largest absolute Gasteiger partial charge is 0.490 e. The second-order valence-electron chi connectivity index (χ2n) is 7.21. The molecule has 0 aliphatic carbocycles. The van der Waals surface area contributed by atoms with E-state index >= 15 is 0 Å². The number of aryl methyl sites for hydroxylation is 2. The van der Waals surface area contributed by atoms with Gasteiger partial charge in [-0.3, -0.25) is 25.0 Å². The van der Waals surface area contributed by atoms with Crippen LogP contribution in [0.2, 0.25) is 0 Å². The SMILES string of the molecule is CCOc1cc(C=C2C(=O)NC(=O)NC2=O)cc(Br)c1OCC(=O)Nc1cc(C)ccc1C. The quantitative estimate of drug-likeness (QED) is 0.384. The van der Waals surface area contributed by atoms with Crippen molar-refractivity contribution in [3.8, 4) is 11.5 Å². The van der Waals surface area contributed by atoms with Crippen molar-refractivity contribution in [2.75, 3.05) is 18.5 Å². The van der Waals surface area contributed by atoms with Crippen LogP contribution < -0.4 is 25.4 Å². The van der Waals surface area contributed by atoms with Crippen LogP contribution in [0.25, 0.3) is 6.08 Å². The van der Waals surface area contributed by atoms with Gasteiger partial charge in [-0.25, -0.2) is 4.79 Å². The molecule has 0 unspecified atom stereocenters. The van der Waals surface area contributed by atoms with E-state index < -0.39 is 17.8 Å². The second-order valence-corrected chi connectivity index (χ2v) is 8.07. The van der Waals surface area contributed by atoms with Crippen LogP contribution >= 0.6 is 15.9 Å². The zero-order valence-corrected chi connectivity index (χ0v) is 19.8. The monoisotopic (exact) mass is 515 g/mol. The molecule has 0 radical (unpaired) electrons. The zero-order chi connectivity index (χ0) is 24.1. The van der Waals surface area contributed by atoms with E-state index in [2.05, 4.69) is 21.2 Å². The predicted molar refractivity (Wildman–Crippen MR) is 125 cm³/mol. The summed E-state index contributed by atoms with van der Waals surface area (Å²) in [5.74, 6) is -1.35. The maximum atomic E-state index is 12.4. The lowest BCUT2D eigenvalue weighted by atomic mass is 10.1. The molecular formula is C23H22BrN3O6. The van der Waals surface area contributed by atoms with Gasteiger partial charge in [0.05, 0.1) is 11.1 Å². The number of hydrogen-bond donors (Lipinski definition) is 3. The van der Waals surface area contributed by atoms with Crippen LogP contribution in [0.15, 0.2) is 40.4 Å². The number of anilines is 1. The molecule has 0 aromatic heterocycles. The number of ether oxygens (including phenoxy) is 2. The fourth-order valence-corrected chi connectivity index (χ4v) is 3.62. The summed E-state index contributed by atoms with van der Waals surface area (Å²) in [6.45, 7) is 5.66. The number of barbiturate groups is 1. The molecule has 1 saturated heterocycles. The van der Waals surface area contributed by atoms with Gasteiger partial charge in [-0.05, 0) is 77.7 Å². The van der Waals surface area contributed by atoms with Crippen LogP contribution in [-0.4, -0.2) is 37.0 Å². The van der Waals surface area contributed by atoms with Crippen LogP contribution in [0, 0.1) is 13.8 Å². The lowest BCUT2D eigenvalue weighted by Gasteiger charge is -2.16. The fourth-order valence-electron chi connectivity index (χ4n) is 3.04. The third-order valence-corrected chi connectivity index (χ3v) is 5.19. The first-order valence-corrected chi connectivity index (χ1v) is 10.8. The summed E-state index contributed by atoms with van der Waals surface area (Å²) in [6, 6.07) is 8.05. The van der Waals surface area contributed by atoms with E-state index in [0.29, 0.717) is 33.8 Å². The summed E-state index contributed by atoms with van der Waals surface area (Å²) < 4.78 is 11.8. The third kappa shape index (κ3) is 5.98. The summed E-state index contributed by atoms with van der Waals surface area (Å²) in [4.78, 5) is 47.6. The van der Waals surface area contributed by atoms with Crippen LogP contribution in [0.3, 0.4) is 0 Å². The molecule has 3 rings (SSSR count). The first-order valence-electron chi connectivity index (χ1n) is 10.0. The number of rotatable bonds is 7. The van der Waals surface area contributed by atoms with Gasteiger partial charge in [-0.1, -0.05) is 12.1 Å². The van der Waals surface area contributed by atoms with Crippen molar-refractivity contribution in [2.45, 2.75) is 20.8 Å². The maximum absolute atomic E-state index is 12.4. The molecule has 1 aliphatic rings. The standard InChI is InChI=1S/C23H22BrN3O6/c1-4-32-18-10-14(8-15-21(29)26-23(31)27-22(15)30)9-16(24)20(18)33-11-19(28)25-17-7-12(2)5-6-13(17)3/h5-10H,4,11H2,1-3H3,(H,25,28)(H2,26,27,29,30,31). The van der Waals surface area contributed by atoms with E-state index in [9.17, 15) is 19.2 Å². The van der Waals surface area contributed by atoms with Crippen molar-refractivity contribution in [1.82, 2.24) is 10.6 Å². The first-order chi connectivity index (χ1) is 15.7. The Morgan fingerprint density at radius 1 is 1.06 bits per heavy atom. The average Bonchev–Trinajstić information content (AvgIpc) is 2.73. The van der Waals surface area contributed by atoms with Gasteiger partial charge in [0.15, 0.2) is 18.1 Å². The minimum atomic E-state index is -0.874. The topological polar surface area (TPSA) is 123 Å². The Labute approximate surface area is 198 Å². The van der Waals surface area contributed by atoms with Crippen molar-refractivity contribution in [3.63, 3.8) is 0 Å². The number of amides is 5. The highest BCUT2D eigenvalue weighted by atomic mass is 79.9. The Hall–Kier alpha value is -3.66. The smallest absolute Gasteiger partial charge is 0.328 e. The van der Waals surface area contributed by atoms with Crippen LogP contribution in [-0.2, 0) is 14.4 Å². The van der Waals surface area contributed by atoms with Crippen LogP contribution in [0.5, 0.6) is 11.5 Å². The number of imide groups is 2. The van der Waals surface area contributed by atoms with Gasteiger partial charge < -0.3 is 14.8 Å². The van der Waals surface area contributed by atoms with Gasteiger partial charge in [0.2, 0.25) is 0 Å². The number of halogens is 1. The van der Waals surface area contributed by atoms with Gasteiger partial charge in [-0.15, -0.1) is 0 Å². The molecule has 1 aliphatic heterocycles. The number of benzene rings is 2. The minimum absolute atomic E-state index is 0.231. The van der Waals surface area contributed by atoms with E-state index in [0.717, 1.165) is 11.1 Å². The second kappa shape index (κ2) is 10.3. The zero-order valence-electron chi connectivity index (χ0n) is 18.2. The summed E-state index contributed by atoms with van der Waals surface area (Å²) >= 11 is 3.39. The molecule has 1 heterocycles. The molecule has 3 N–H and O–H groups in total. The maximum Gasteiger partial charge on any atom is 0.328 e. The van der Waals surface area contributed by atoms with Gasteiger partial charge >= 0.3 is 6.03 Å². The normalized spacial score (nSPS) is 13.2. The van der Waals surface area contributed by atoms with E-state index in [4.69, 9.17) is 9.47 Å². The number of urea groups is 1. The van der Waals surface area contributed by atoms with Crippen molar-refractivity contribution in [3.05, 3.63) is 57.1 Å². The highest BCUT2D eigenvalue weighted by molar-refractivity contribution is 9.10. The van der Waals surface area contributed by atoms with Crippen molar-refractivity contribution >= 4 is 51.4 Å². The summed E-state index contributed by atoms with van der Waals surface area (Å²) in [7, 11) is 0. The molecule has 0 atom stereocenters. The van der Waals surface area contributed by atoms with E-state index in [1.165, 1.54) is 6.08 Å². The molecular weight excluding hydrogens is 494 g/mol. The number of nitrogens with one attached hydrogen (secondary N) is 3. The Kier molecular flexibility index (Phi) is 7.49. The summed E-state index contributed by atoms with van der Waals surface area (Å²) in [6.07, 6.45) is 1.32. The molecule has 0 saturated carbocycles. The van der Waals surface area contributed by atoms with Crippen molar-refractivity contribution < 1.29 is 28.7 Å². The predicted octanol–water partition coefficient (Wildman–Crippen LogP) is 3.23. The fraction of sp³-hybridized carbons (Fsp3) is 0.217. The molecule has 9 nitrogen and oxygen atoms in total. The van der Waals surface area contributed by atoms with Crippen LogP contribution in [0.4, 0.5) is 10.5 Å². The molecule has 0 spiro atoms. The Balaban J connectivity index is 1.80. The Bertz CT molecular complexity index is 1150. The molecule has 33 heavy (non-hydrogen) atoms. The molecule has 172 valence electrons. The lowest BCUT2D eigenvalue weighted by molar-refractivity contribution is -0.124. The van der Waals surface area contributed by atoms with Gasteiger partial charge in [0.1, 0.15) is 5.57 Å². The Morgan fingerprint density at radius 2 is 1.76 bits per heavy atom. The van der Waals surface area contributed by atoms with E-state index in [1.54, 1.807) is 19.1 Å². The van der Waals surface area contributed by atoms with Gasteiger partial charge in [0.25, 0.3) is 17.7 Å². The lowest BCUT2D eigenvalue weighted by Crippen LogP contribution is -2.51. The minimum Gasteiger partial charge on any atom is -0.490 e. The highest BCUT2D eigenvalue weighted by Crippen LogP contribution is 2.37. The number of carbonyl (C=O) groups is 4. The number of hydrogen-bond acceptors (Lipinski definition) is 6. The molecule has 0 bridgehead atoms. The van der Waals surface area contributed by atoms with E-state index in [-0.39, 0.29) is 18.1 Å². The average molecular weight is 516 g/mol. The summed E-state index contributed by atoms with van der Waals surface area (Å²) in [5, 5.41) is 6.86. The summed E-state index contributed by atoms with van der Waals surface area (Å²) in [5.41, 5.74) is 2.88. The molecule has 10 heteroatoms. The highest BCUT2D eigenvalue weighted by Gasteiger charge is 2.28. The molecule has 1 fully saturated rings. The van der Waals surface area contributed by atoms with Crippen molar-refractivity contribution in [2.24, 2.45) is 0 Å². The third-order valence-electron chi connectivity index (χ3n) is 4.60. The van der Waals surface area contributed by atoms with Gasteiger partial charge in [-0.2, -0.15) is 0 Å². The number of carbonyl (C=O) groups excluding carboxylic acids is 4. The van der Waals surface area contributed by atoms with E-state index in [1.807, 2.05) is 42.7 Å². The Morgan fingerprint density at radius 3 is 2.42 bits per heavy atom. The van der Waals surface area contributed by atoms with Gasteiger partial charge in [0, 0.05) is 5.69 Å². The molecule has 2 aromatic rings. The van der Waals surface area contributed by atoms with Crippen molar-refractivity contribution in [1.29, 1.82) is 0 Å². The van der Waals surface area contributed by atoms with Crippen LogP contribution in [0.1, 0.15) is 23.6 Å². The first kappa shape index (κ1) is 24.0.